The molecule has 1 heterocycles. The second-order valence-corrected chi connectivity index (χ2v) is 5.28. The van der Waals surface area contributed by atoms with E-state index in [4.69, 9.17) is 0 Å². The van der Waals surface area contributed by atoms with E-state index in [0.717, 1.165) is 19.5 Å². The molecule has 1 aromatic heterocycles. The smallest absolute Gasteiger partial charge is 0.257 e. The van der Waals surface area contributed by atoms with Crippen molar-refractivity contribution in [2.24, 2.45) is 0 Å². The molecule has 0 bridgehead atoms. The molecule has 3 N–H and O–H groups in total. The summed E-state index contributed by atoms with van der Waals surface area (Å²) in [5.41, 5.74) is 1.55. The number of anilines is 1. The second-order valence-electron chi connectivity index (χ2n) is 5.28. The molecule has 8 heteroatoms. The van der Waals surface area contributed by atoms with Crippen LogP contribution in [0.25, 0.3) is 0 Å². The number of amides is 2. The Bertz CT molecular complexity index is 684. The van der Waals surface area contributed by atoms with Gasteiger partial charge in [0.05, 0.1) is 5.56 Å². The molecule has 0 spiro atoms. The highest BCUT2D eigenvalue weighted by Gasteiger charge is 2.09. The minimum Gasteiger partial charge on any atom is -0.351 e. The zero-order valence-electron chi connectivity index (χ0n) is 14.5. The summed E-state index contributed by atoms with van der Waals surface area (Å²) in [5.74, 6) is -0.421. The van der Waals surface area contributed by atoms with Gasteiger partial charge in [0.1, 0.15) is 0 Å². The van der Waals surface area contributed by atoms with Crippen molar-refractivity contribution in [1.82, 2.24) is 15.6 Å². The molecule has 1 aromatic carbocycles. The molecule has 2 aromatic rings. The fourth-order valence-electron chi connectivity index (χ4n) is 2.11. The average Bonchev–Trinajstić information content (AvgIpc) is 2.62. The van der Waals surface area contributed by atoms with E-state index < -0.39 is 0 Å². The molecule has 0 aliphatic heterocycles. The van der Waals surface area contributed by atoms with Gasteiger partial charge >= 0.3 is 0 Å². The van der Waals surface area contributed by atoms with E-state index in [1.165, 1.54) is 6.20 Å². The van der Waals surface area contributed by atoms with Gasteiger partial charge in [-0.25, -0.2) is 0 Å². The predicted molar refractivity (Wildman–Crippen MR) is 109 cm³/mol. The zero-order chi connectivity index (χ0) is 17.2. The predicted octanol–water partition coefficient (Wildman–Crippen LogP) is 2.91. The van der Waals surface area contributed by atoms with Crippen LogP contribution < -0.4 is 16.0 Å². The fourth-order valence-corrected chi connectivity index (χ4v) is 2.11. The first-order valence-corrected chi connectivity index (χ1v) is 8.01. The molecule has 142 valence electrons. The van der Waals surface area contributed by atoms with Gasteiger partial charge in [-0.3, -0.25) is 14.6 Å². The van der Waals surface area contributed by atoms with E-state index in [1.807, 2.05) is 0 Å². The SMILES string of the molecule is CCCNCCNC(=O)c1cccc(NC(=O)c2cccnc2)c1.Cl.Cl. The van der Waals surface area contributed by atoms with E-state index in [0.29, 0.717) is 23.4 Å². The van der Waals surface area contributed by atoms with Crippen molar-refractivity contribution in [3.8, 4) is 0 Å². The van der Waals surface area contributed by atoms with E-state index in [9.17, 15) is 9.59 Å². The van der Waals surface area contributed by atoms with Crippen LogP contribution in [-0.2, 0) is 0 Å². The lowest BCUT2D eigenvalue weighted by Gasteiger charge is -2.09. The maximum absolute atomic E-state index is 12.1. The Morgan fingerprint density at radius 3 is 2.42 bits per heavy atom. The third-order valence-corrected chi connectivity index (χ3v) is 3.32. The maximum Gasteiger partial charge on any atom is 0.257 e. The van der Waals surface area contributed by atoms with Gasteiger partial charge in [-0.2, -0.15) is 0 Å². The first-order chi connectivity index (χ1) is 11.7. The normalized spacial score (nSPS) is 9.42. The summed E-state index contributed by atoms with van der Waals surface area (Å²) in [6, 6.07) is 10.2. The highest BCUT2D eigenvalue weighted by molar-refractivity contribution is 6.04. The van der Waals surface area contributed by atoms with Gasteiger partial charge in [-0.1, -0.05) is 13.0 Å². The number of aromatic nitrogens is 1. The lowest BCUT2D eigenvalue weighted by atomic mass is 10.1. The summed E-state index contributed by atoms with van der Waals surface area (Å²) in [7, 11) is 0. The summed E-state index contributed by atoms with van der Waals surface area (Å²) in [6.07, 6.45) is 4.17. The van der Waals surface area contributed by atoms with Crippen LogP contribution in [0.1, 0.15) is 34.1 Å². The highest BCUT2D eigenvalue weighted by Crippen LogP contribution is 2.12. The second kappa shape index (κ2) is 13.1. The van der Waals surface area contributed by atoms with Crippen molar-refractivity contribution in [1.29, 1.82) is 0 Å². The molecule has 0 aliphatic carbocycles. The number of nitrogens with zero attached hydrogens (tertiary/aromatic N) is 1. The number of benzene rings is 1. The first kappa shape index (κ1) is 23.9. The lowest BCUT2D eigenvalue weighted by molar-refractivity contribution is 0.0952. The molecule has 0 radical (unpaired) electrons. The van der Waals surface area contributed by atoms with Crippen LogP contribution in [0.4, 0.5) is 5.69 Å². The molecule has 6 nitrogen and oxygen atoms in total. The summed E-state index contributed by atoms with van der Waals surface area (Å²) in [4.78, 5) is 28.1. The molecule has 0 unspecified atom stereocenters. The molecule has 0 saturated heterocycles. The van der Waals surface area contributed by atoms with Crippen molar-refractivity contribution in [3.63, 3.8) is 0 Å². The first-order valence-electron chi connectivity index (χ1n) is 8.01. The Labute approximate surface area is 166 Å². The maximum atomic E-state index is 12.1. The van der Waals surface area contributed by atoms with Gasteiger partial charge in [0.2, 0.25) is 0 Å². The van der Waals surface area contributed by atoms with E-state index in [2.05, 4.69) is 27.9 Å². The number of hydrogen-bond donors (Lipinski definition) is 3. The topological polar surface area (TPSA) is 83.1 Å². The molecule has 2 amide bonds. The van der Waals surface area contributed by atoms with Crippen molar-refractivity contribution >= 4 is 42.3 Å². The van der Waals surface area contributed by atoms with E-state index in [1.54, 1.807) is 42.6 Å². The molecule has 26 heavy (non-hydrogen) atoms. The summed E-state index contributed by atoms with van der Waals surface area (Å²) in [5, 5.41) is 8.83. The molecule has 0 atom stereocenters. The van der Waals surface area contributed by atoms with Crippen molar-refractivity contribution in [3.05, 3.63) is 59.9 Å². The van der Waals surface area contributed by atoms with Gasteiger partial charge in [0.15, 0.2) is 0 Å². The van der Waals surface area contributed by atoms with E-state index in [-0.39, 0.29) is 36.6 Å². The number of carbonyl (C=O) groups excluding carboxylic acids is 2. The Kier molecular flexibility index (Phi) is 12.0. The van der Waals surface area contributed by atoms with Crippen LogP contribution in [-0.4, -0.2) is 36.4 Å². The molecule has 0 saturated carbocycles. The van der Waals surface area contributed by atoms with Crippen molar-refractivity contribution < 1.29 is 9.59 Å². The van der Waals surface area contributed by atoms with Crippen LogP contribution in [0.2, 0.25) is 0 Å². The van der Waals surface area contributed by atoms with E-state index >= 15 is 0 Å². The largest absolute Gasteiger partial charge is 0.351 e. The van der Waals surface area contributed by atoms with Gasteiger partial charge in [-0.15, -0.1) is 24.8 Å². The molecule has 2 rings (SSSR count). The summed E-state index contributed by atoms with van der Waals surface area (Å²) < 4.78 is 0. The standard InChI is InChI=1S/C18H22N4O2.2ClH/c1-2-8-19-10-11-21-17(23)14-5-3-7-16(12-14)22-18(24)15-6-4-9-20-13-15;;/h3-7,9,12-13,19H,2,8,10-11H2,1H3,(H,21,23)(H,22,24);2*1H. The zero-order valence-corrected chi connectivity index (χ0v) is 16.2. The van der Waals surface area contributed by atoms with Crippen molar-refractivity contribution in [2.75, 3.05) is 25.0 Å². The van der Waals surface area contributed by atoms with Gasteiger partial charge in [-0.05, 0) is 43.3 Å². The number of hydrogen-bond acceptors (Lipinski definition) is 4. The molecular formula is C18H24Cl2N4O2. The number of carbonyl (C=O) groups is 2. The van der Waals surface area contributed by atoms with Crippen LogP contribution >= 0.6 is 24.8 Å². The number of nitrogens with one attached hydrogen (secondary N) is 3. The van der Waals surface area contributed by atoms with Gasteiger partial charge in [0.25, 0.3) is 11.8 Å². The number of rotatable bonds is 8. The van der Waals surface area contributed by atoms with Crippen molar-refractivity contribution in [2.45, 2.75) is 13.3 Å². The van der Waals surface area contributed by atoms with Crippen LogP contribution in [0, 0.1) is 0 Å². The number of pyridine rings is 1. The summed E-state index contributed by atoms with van der Waals surface area (Å²) in [6.45, 7) is 4.32. The lowest BCUT2D eigenvalue weighted by Crippen LogP contribution is -2.32. The Balaban J connectivity index is 0.00000312. The highest BCUT2D eigenvalue weighted by atomic mass is 35.5. The summed E-state index contributed by atoms with van der Waals surface area (Å²) >= 11 is 0. The van der Waals surface area contributed by atoms with Crippen LogP contribution in [0.15, 0.2) is 48.8 Å². The van der Waals surface area contributed by atoms with Crippen LogP contribution in [0.3, 0.4) is 0 Å². The quantitative estimate of drug-likeness (QED) is 0.596. The molecule has 0 aliphatic rings. The average molecular weight is 399 g/mol. The van der Waals surface area contributed by atoms with Crippen LogP contribution in [0.5, 0.6) is 0 Å². The minimum atomic E-state index is -0.260. The fraction of sp³-hybridized carbons (Fsp3) is 0.278. The Hall–Kier alpha value is -2.15. The molecule has 0 fully saturated rings. The third-order valence-electron chi connectivity index (χ3n) is 3.32. The van der Waals surface area contributed by atoms with Gasteiger partial charge in [0, 0.05) is 36.7 Å². The molecular weight excluding hydrogens is 375 g/mol. The number of halogens is 2. The Morgan fingerprint density at radius 2 is 1.73 bits per heavy atom. The van der Waals surface area contributed by atoms with Gasteiger partial charge < -0.3 is 16.0 Å². The minimum absolute atomic E-state index is 0. The monoisotopic (exact) mass is 398 g/mol. The Morgan fingerprint density at radius 1 is 0.962 bits per heavy atom. The third kappa shape index (κ3) is 7.82.